The fourth-order valence-corrected chi connectivity index (χ4v) is 3.97. The number of nitrogens with zero attached hydrogens (tertiary/aromatic N) is 2. The van der Waals surface area contributed by atoms with Crippen molar-refractivity contribution in [1.82, 2.24) is 9.80 Å². The van der Waals surface area contributed by atoms with Crippen LogP contribution in [0.5, 0.6) is 0 Å². The number of ketones is 2. The third kappa shape index (κ3) is 2.38. The van der Waals surface area contributed by atoms with Gasteiger partial charge in [-0.1, -0.05) is 0 Å². The van der Waals surface area contributed by atoms with Crippen molar-refractivity contribution in [3.63, 3.8) is 0 Å². The SMILES string of the molecule is CC1=C(N2CCCC2)C(=O)/C(=C2/C=C(N3CCCC3)C(=O)C2)O1. The number of carbonyl (C=O) groups is 2. The maximum Gasteiger partial charge on any atom is 0.247 e. The molecule has 0 spiro atoms. The van der Waals surface area contributed by atoms with Crippen molar-refractivity contribution >= 4 is 11.6 Å². The maximum atomic E-state index is 12.8. The van der Waals surface area contributed by atoms with Gasteiger partial charge in [-0.15, -0.1) is 0 Å². The summed E-state index contributed by atoms with van der Waals surface area (Å²) in [6.45, 7) is 5.55. The van der Waals surface area contributed by atoms with E-state index < -0.39 is 0 Å². The van der Waals surface area contributed by atoms with Gasteiger partial charge in [0.2, 0.25) is 5.78 Å². The fourth-order valence-electron chi connectivity index (χ4n) is 3.97. The molecule has 0 aromatic heterocycles. The van der Waals surface area contributed by atoms with Crippen molar-refractivity contribution in [3.8, 4) is 0 Å². The van der Waals surface area contributed by atoms with Crippen molar-refractivity contribution < 1.29 is 14.3 Å². The minimum Gasteiger partial charge on any atom is -0.455 e. The van der Waals surface area contributed by atoms with Crippen LogP contribution in [0.25, 0.3) is 0 Å². The summed E-state index contributed by atoms with van der Waals surface area (Å²) in [6, 6.07) is 0. The molecule has 5 heteroatoms. The second-order valence-corrected chi connectivity index (χ2v) is 6.71. The number of ether oxygens (including phenoxy) is 1. The van der Waals surface area contributed by atoms with Crippen LogP contribution in [-0.2, 0) is 14.3 Å². The summed E-state index contributed by atoms with van der Waals surface area (Å²) in [5.41, 5.74) is 2.20. The first-order chi connectivity index (χ1) is 11.1. The Morgan fingerprint density at radius 1 is 0.957 bits per heavy atom. The lowest BCUT2D eigenvalue weighted by Crippen LogP contribution is -2.23. The highest BCUT2D eigenvalue weighted by Gasteiger charge is 2.37. The molecule has 3 heterocycles. The largest absolute Gasteiger partial charge is 0.455 e. The molecule has 122 valence electrons. The number of allylic oxidation sites excluding steroid dienone is 4. The number of hydrogen-bond acceptors (Lipinski definition) is 5. The summed E-state index contributed by atoms with van der Waals surface area (Å²) in [5.74, 6) is 1.10. The van der Waals surface area contributed by atoms with Gasteiger partial charge >= 0.3 is 0 Å². The Balaban J connectivity index is 1.62. The summed E-state index contributed by atoms with van der Waals surface area (Å²) in [6.07, 6.45) is 6.66. The highest BCUT2D eigenvalue weighted by atomic mass is 16.5. The van der Waals surface area contributed by atoms with Gasteiger partial charge in [0.25, 0.3) is 0 Å². The number of carbonyl (C=O) groups excluding carboxylic acids is 2. The zero-order valence-corrected chi connectivity index (χ0v) is 13.6. The van der Waals surface area contributed by atoms with Gasteiger partial charge in [0.05, 0.1) is 5.70 Å². The van der Waals surface area contributed by atoms with Crippen LogP contribution in [0.2, 0.25) is 0 Å². The number of likely N-dealkylation sites (tertiary alicyclic amines) is 2. The molecular weight excluding hydrogens is 292 g/mol. The first kappa shape index (κ1) is 14.5. The molecule has 0 unspecified atom stereocenters. The van der Waals surface area contributed by atoms with Gasteiger partial charge in [-0.05, 0) is 38.7 Å². The van der Waals surface area contributed by atoms with Crippen LogP contribution in [0, 0.1) is 0 Å². The number of rotatable bonds is 2. The summed E-state index contributed by atoms with van der Waals surface area (Å²) < 4.78 is 5.79. The van der Waals surface area contributed by atoms with Crippen LogP contribution in [-0.4, -0.2) is 47.5 Å². The van der Waals surface area contributed by atoms with Crippen molar-refractivity contribution in [1.29, 1.82) is 0 Å². The lowest BCUT2D eigenvalue weighted by atomic mass is 10.1. The maximum absolute atomic E-state index is 12.8. The van der Waals surface area contributed by atoms with E-state index in [0.29, 0.717) is 17.2 Å². The molecule has 4 rings (SSSR count). The van der Waals surface area contributed by atoms with E-state index in [0.717, 1.165) is 63.1 Å². The monoisotopic (exact) mass is 314 g/mol. The van der Waals surface area contributed by atoms with Crippen LogP contribution in [0.15, 0.2) is 34.6 Å². The normalized spacial score (nSPS) is 28.3. The molecule has 4 aliphatic rings. The predicted molar refractivity (Wildman–Crippen MR) is 85.1 cm³/mol. The van der Waals surface area contributed by atoms with E-state index in [2.05, 4.69) is 9.80 Å². The first-order valence-electron chi connectivity index (χ1n) is 8.56. The third-order valence-corrected chi connectivity index (χ3v) is 5.12. The Kier molecular flexibility index (Phi) is 3.51. The van der Waals surface area contributed by atoms with Gasteiger partial charge in [-0.25, -0.2) is 0 Å². The van der Waals surface area contributed by atoms with Gasteiger partial charge < -0.3 is 14.5 Å². The van der Waals surface area contributed by atoms with E-state index in [1.165, 1.54) is 0 Å². The van der Waals surface area contributed by atoms with Gasteiger partial charge in [-0.2, -0.15) is 0 Å². The Morgan fingerprint density at radius 2 is 1.57 bits per heavy atom. The summed E-state index contributed by atoms with van der Waals surface area (Å²) in [7, 11) is 0. The fraction of sp³-hybridized carbons (Fsp3) is 0.556. The van der Waals surface area contributed by atoms with E-state index in [1.807, 2.05) is 13.0 Å². The van der Waals surface area contributed by atoms with Crippen LogP contribution < -0.4 is 0 Å². The van der Waals surface area contributed by atoms with Crippen molar-refractivity contribution in [3.05, 3.63) is 34.6 Å². The van der Waals surface area contributed by atoms with Gasteiger partial charge in [0.1, 0.15) is 11.5 Å². The molecule has 0 radical (unpaired) electrons. The van der Waals surface area contributed by atoms with E-state index in [-0.39, 0.29) is 18.0 Å². The highest BCUT2D eigenvalue weighted by Crippen LogP contribution is 2.35. The third-order valence-electron chi connectivity index (χ3n) is 5.12. The van der Waals surface area contributed by atoms with Crippen LogP contribution in [0.4, 0.5) is 0 Å². The van der Waals surface area contributed by atoms with Crippen LogP contribution >= 0.6 is 0 Å². The Hall–Kier alpha value is -2.04. The Morgan fingerprint density at radius 3 is 2.22 bits per heavy atom. The molecule has 0 bridgehead atoms. The molecule has 0 N–H and O–H groups in total. The van der Waals surface area contributed by atoms with E-state index in [1.54, 1.807) is 0 Å². The second kappa shape index (κ2) is 5.55. The number of hydrogen-bond donors (Lipinski definition) is 0. The molecule has 0 amide bonds. The van der Waals surface area contributed by atoms with E-state index >= 15 is 0 Å². The molecule has 2 fully saturated rings. The van der Waals surface area contributed by atoms with Crippen LogP contribution in [0.3, 0.4) is 0 Å². The van der Waals surface area contributed by atoms with Gasteiger partial charge in [0, 0.05) is 38.2 Å². The smallest absolute Gasteiger partial charge is 0.247 e. The first-order valence-corrected chi connectivity index (χ1v) is 8.56. The minimum absolute atomic E-state index is 0.0499. The predicted octanol–water partition coefficient (Wildman–Crippen LogP) is 2.12. The van der Waals surface area contributed by atoms with Gasteiger partial charge in [0.15, 0.2) is 11.5 Å². The molecule has 5 nitrogen and oxygen atoms in total. The Bertz CT molecular complexity index is 660. The molecule has 23 heavy (non-hydrogen) atoms. The topological polar surface area (TPSA) is 49.9 Å². The zero-order valence-electron chi connectivity index (χ0n) is 13.6. The molecule has 0 saturated carbocycles. The zero-order chi connectivity index (χ0) is 16.0. The molecule has 0 aromatic carbocycles. The quantitative estimate of drug-likeness (QED) is 0.731. The summed E-state index contributed by atoms with van der Waals surface area (Å²) in [4.78, 5) is 29.4. The van der Waals surface area contributed by atoms with Crippen molar-refractivity contribution in [2.75, 3.05) is 26.2 Å². The molecule has 1 aliphatic carbocycles. The van der Waals surface area contributed by atoms with E-state index in [9.17, 15) is 9.59 Å². The highest BCUT2D eigenvalue weighted by molar-refractivity contribution is 6.11. The summed E-state index contributed by atoms with van der Waals surface area (Å²) >= 11 is 0. The molecule has 0 atom stereocenters. The summed E-state index contributed by atoms with van der Waals surface area (Å²) in [5, 5.41) is 0. The molecule has 3 aliphatic heterocycles. The van der Waals surface area contributed by atoms with Crippen molar-refractivity contribution in [2.24, 2.45) is 0 Å². The lowest BCUT2D eigenvalue weighted by Gasteiger charge is -2.16. The lowest BCUT2D eigenvalue weighted by molar-refractivity contribution is -0.115. The minimum atomic E-state index is -0.0499. The molecular formula is C18H22N2O3. The second-order valence-electron chi connectivity index (χ2n) is 6.71. The Labute approximate surface area is 136 Å². The number of Topliss-reactive ketones (excluding diaryl/α,β-unsaturated/α-hetero) is 2. The van der Waals surface area contributed by atoms with Crippen LogP contribution in [0.1, 0.15) is 39.0 Å². The standard InChI is InChI=1S/C18H22N2O3/c1-12-16(20-8-4-5-9-20)17(22)18(23-12)13-10-14(15(21)11-13)19-6-2-3-7-19/h10H,2-9,11H2,1H3/b18-13+. The van der Waals surface area contributed by atoms with Gasteiger partial charge in [-0.3, -0.25) is 9.59 Å². The molecule has 0 aromatic rings. The average molecular weight is 314 g/mol. The van der Waals surface area contributed by atoms with E-state index in [4.69, 9.17) is 4.74 Å². The average Bonchev–Trinajstić information content (AvgIpc) is 3.26. The van der Waals surface area contributed by atoms with Crippen molar-refractivity contribution in [2.45, 2.75) is 39.0 Å². The molecule has 2 saturated heterocycles.